The lowest BCUT2D eigenvalue weighted by Gasteiger charge is -2.28. The van der Waals surface area contributed by atoms with Crippen molar-refractivity contribution in [3.8, 4) is 0 Å². The molecular weight excluding hydrogens is 208 g/mol. The van der Waals surface area contributed by atoms with Crippen LogP contribution in [0.3, 0.4) is 0 Å². The van der Waals surface area contributed by atoms with Gasteiger partial charge >= 0.3 is 0 Å². The summed E-state index contributed by atoms with van der Waals surface area (Å²) in [5.41, 5.74) is 0. The molecule has 17 heavy (non-hydrogen) atoms. The van der Waals surface area contributed by atoms with Crippen LogP contribution in [0.15, 0.2) is 0 Å². The Kier molecular flexibility index (Phi) is 7.14. The first kappa shape index (κ1) is 15.0. The second-order valence-corrected chi connectivity index (χ2v) is 6.37. The first-order valence-electron chi connectivity index (χ1n) is 7.48. The Hall–Kier alpha value is -0.0800. The fraction of sp³-hybridized carbons (Fsp3) is 1.00. The van der Waals surface area contributed by atoms with Crippen molar-refractivity contribution in [2.45, 2.75) is 70.9 Å². The Morgan fingerprint density at radius 3 is 2.12 bits per heavy atom. The SMILES string of the molecule is CC(C)N[C@H](CC1CCCCCC1)CN(C)C. The highest BCUT2D eigenvalue weighted by molar-refractivity contribution is 4.77. The summed E-state index contributed by atoms with van der Waals surface area (Å²) < 4.78 is 0. The fourth-order valence-corrected chi connectivity index (χ4v) is 3.11. The highest BCUT2D eigenvalue weighted by Crippen LogP contribution is 2.26. The van der Waals surface area contributed by atoms with Crippen molar-refractivity contribution < 1.29 is 0 Å². The summed E-state index contributed by atoms with van der Waals surface area (Å²) in [7, 11) is 4.37. The van der Waals surface area contributed by atoms with E-state index in [0.29, 0.717) is 12.1 Å². The van der Waals surface area contributed by atoms with Crippen LogP contribution in [0.1, 0.15) is 58.8 Å². The molecule has 0 saturated heterocycles. The Labute approximate surface area is 108 Å². The Balaban J connectivity index is 2.39. The molecule has 1 rings (SSSR count). The number of nitrogens with zero attached hydrogens (tertiary/aromatic N) is 1. The Bertz CT molecular complexity index is 171. The van der Waals surface area contributed by atoms with E-state index in [-0.39, 0.29) is 0 Å². The summed E-state index contributed by atoms with van der Waals surface area (Å²) in [6.45, 7) is 5.69. The average molecular weight is 240 g/mol. The summed E-state index contributed by atoms with van der Waals surface area (Å²) in [6.07, 6.45) is 10.1. The molecule has 0 aromatic heterocycles. The van der Waals surface area contributed by atoms with Crippen LogP contribution in [0.5, 0.6) is 0 Å². The maximum atomic E-state index is 3.74. The van der Waals surface area contributed by atoms with Gasteiger partial charge in [-0.1, -0.05) is 52.4 Å². The van der Waals surface area contributed by atoms with Gasteiger partial charge in [0.25, 0.3) is 0 Å². The minimum atomic E-state index is 0.603. The van der Waals surface area contributed by atoms with Crippen molar-refractivity contribution in [1.82, 2.24) is 10.2 Å². The van der Waals surface area contributed by atoms with E-state index in [4.69, 9.17) is 0 Å². The van der Waals surface area contributed by atoms with Gasteiger partial charge in [0.05, 0.1) is 0 Å². The molecule has 2 heteroatoms. The highest BCUT2D eigenvalue weighted by atomic mass is 15.1. The molecule has 0 aliphatic heterocycles. The van der Waals surface area contributed by atoms with E-state index >= 15 is 0 Å². The van der Waals surface area contributed by atoms with Gasteiger partial charge in [0, 0.05) is 18.6 Å². The van der Waals surface area contributed by atoms with Crippen LogP contribution in [0, 0.1) is 5.92 Å². The molecule has 0 spiro atoms. The van der Waals surface area contributed by atoms with Gasteiger partial charge in [0.15, 0.2) is 0 Å². The minimum absolute atomic E-state index is 0.603. The van der Waals surface area contributed by atoms with Gasteiger partial charge in [-0.2, -0.15) is 0 Å². The van der Waals surface area contributed by atoms with Crippen molar-refractivity contribution in [2.24, 2.45) is 5.92 Å². The van der Waals surface area contributed by atoms with E-state index in [1.807, 2.05) is 0 Å². The predicted octanol–water partition coefficient (Wildman–Crippen LogP) is 3.28. The number of hydrogen-bond donors (Lipinski definition) is 1. The molecule has 0 bridgehead atoms. The molecule has 1 aliphatic rings. The van der Waals surface area contributed by atoms with Crippen LogP contribution in [0.25, 0.3) is 0 Å². The molecule has 0 radical (unpaired) electrons. The second kappa shape index (κ2) is 8.10. The van der Waals surface area contributed by atoms with Crippen LogP contribution in [0.2, 0.25) is 0 Å². The van der Waals surface area contributed by atoms with Crippen molar-refractivity contribution in [3.63, 3.8) is 0 Å². The van der Waals surface area contributed by atoms with E-state index in [2.05, 4.69) is 38.2 Å². The molecule has 0 aromatic rings. The second-order valence-electron chi connectivity index (χ2n) is 6.37. The van der Waals surface area contributed by atoms with Gasteiger partial charge in [0.1, 0.15) is 0 Å². The smallest absolute Gasteiger partial charge is 0.0199 e. The van der Waals surface area contributed by atoms with Crippen LogP contribution < -0.4 is 5.32 Å². The summed E-state index contributed by atoms with van der Waals surface area (Å²) in [5.74, 6) is 0.966. The van der Waals surface area contributed by atoms with Gasteiger partial charge in [-0.15, -0.1) is 0 Å². The molecule has 0 heterocycles. The Morgan fingerprint density at radius 2 is 1.65 bits per heavy atom. The molecule has 1 atom stereocenters. The lowest BCUT2D eigenvalue weighted by molar-refractivity contribution is 0.272. The number of nitrogens with one attached hydrogen (secondary N) is 1. The molecule has 0 aromatic carbocycles. The van der Waals surface area contributed by atoms with Crippen LogP contribution >= 0.6 is 0 Å². The topological polar surface area (TPSA) is 15.3 Å². The van der Waals surface area contributed by atoms with E-state index < -0.39 is 0 Å². The quantitative estimate of drug-likeness (QED) is 0.717. The van der Waals surface area contributed by atoms with Crippen molar-refractivity contribution in [1.29, 1.82) is 0 Å². The van der Waals surface area contributed by atoms with Crippen molar-refractivity contribution in [2.75, 3.05) is 20.6 Å². The number of rotatable bonds is 6. The largest absolute Gasteiger partial charge is 0.310 e. The van der Waals surface area contributed by atoms with Gasteiger partial charge < -0.3 is 10.2 Å². The van der Waals surface area contributed by atoms with Crippen molar-refractivity contribution >= 4 is 0 Å². The maximum absolute atomic E-state index is 3.74. The molecule has 0 unspecified atom stereocenters. The zero-order valence-corrected chi connectivity index (χ0v) is 12.3. The minimum Gasteiger partial charge on any atom is -0.310 e. The Morgan fingerprint density at radius 1 is 1.06 bits per heavy atom. The monoisotopic (exact) mass is 240 g/mol. The van der Waals surface area contributed by atoms with Crippen molar-refractivity contribution in [3.05, 3.63) is 0 Å². The average Bonchev–Trinajstić information content (AvgIpc) is 2.44. The number of hydrogen-bond acceptors (Lipinski definition) is 2. The third kappa shape index (κ3) is 7.05. The van der Waals surface area contributed by atoms with Gasteiger partial charge in [-0.3, -0.25) is 0 Å². The van der Waals surface area contributed by atoms with Gasteiger partial charge in [-0.05, 0) is 26.4 Å². The lowest BCUT2D eigenvalue weighted by atomic mass is 9.92. The molecule has 1 aliphatic carbocycles. The summed E-state index contributed by atoms with van der Waals surface area (Å²) in [5, 5.41) is 3.74. The third-order valence-corrected chi connectivity index (χ3v) is 3.75. The molecule has 1 N–H and O–H groups in total. The summed E-state index contributed by atoms with van der Waals surface area (Å²) in [6, 6.07) is 1.28. The fourth-order valence-electron chi connectivity index (χ4n) is 3.11. The standard InChI is InChI=1S/C15H32N2/c1-13(2)16-15(12-17(3)4)11-14-9-7-5-6-8-10-14/h13-16H,5-12H2,1-4H3/t15-/m1/s1. The van der Waals surface area contributed by atoms with Crippen LogP contribution in [-0.2, 0) is 0 Å². The van der Waals surface area contributed by atoms with E-state index in [1.165, 1.54) is 51.5 Å². The summed E-state index contributed by atoms with van der Waals surface area (Å²) in [4.78, 5) is 2.32. The van der Waals surface area contributed by atoms with Crippen LogP contribution in [-0.4, -0.2) is 37.6 Å². The molecule has 2 nitrogen and oxygen atoms in total. The lowest BCUT2D eigenvalue weighted by Crippen LogP contribution is -2.42. The maximum Gasteiger partial charge on any atom is 0.0199 e. The molecule has 0 amide bonds. The van der Waals surface area contributed by atoms with Gasteiger partial charge in [0.2, 0.25) is 0 Å². The molecule has 1 fully saturated rings. The zero-order valence-electron chi connectivity index (χ0n) is 12.3. The normalized spacial score (nSPS) is 20.8. The number of likely N-dealkylation sites (N-methyl/N-ethyl adjacent to an activating group) is 1. The molecule has 1 saturated carbocycles. The molecule has 102 valence electrons. The van der Waals surface area contributed by atoms with E-state index in [1.54, 1.807) is 0 Å². The van der Waals surface area contributed by atoms with E-state index in [0.717, 1.165) is 5.92 Å². The third-order valence-electron chi connectivity index (χ3n) is 3.75. The summed E-state index contributed by atoms with van der Waals surface area (Å²) >= 11 is 0. The first-order chi connectivity index (χ1) is 8.08. The molecular formula is C15H32N2. The predicted molar refractivity (Wildman–Crippen MR) is 76.4 cm³/mol. The van der Waals surface area contributed by atoms with Gasteiger partial charge in [-0.25, -0.2) is 0 Å². The first-order valence-corrected chi connectivity index (χ1v) is 7.48. The van der Waals surface area contributed by atoms with E-state index in [9.17, 15) is 0 Å². The zero-order chi connectivity index (χ0) is 12.7. The van der Waals surface area contributed by atoms with Crippen LogP contribution in [0.4, 0.5) is 0 Å². The highest BCUT2D eigenvalue weighted by Gasteiger charge is 2.19.